The van der Waals surface area contributed by atoms with Crippen LogP contribution in [0.25, 0.3) is 22.2 Å². The van der Waals surface area contributed by atoms with Gasteiger partial charge in [0.25, 0.3) is 18.8 Å². The summed E-state index contributed by atoms with van der Waals surface area (Å²) in [6.07, 6.45) is -7.91. The van der Waals surface area contributed by atoms with E-state index in [0.29, 0.717) is 22.6 Å². The number of hydrogen-bond donors (Lipinski definition) is 1. The molecule has 1 aliphatic heterocycles. The minimum absolute atomic E-state index is 0.0410. The van der Waals surface area contributed by atoms with Crippen molar-refractivity contribution in [2.24, 2.45) is 5.10 Å². The highest BCUT2D eigenvalue weighted by atomic mass is 19.3. The summed E-state index contributed by atoms with van der Waals surface area (Å²) >= 11 is 0. The summed E-state index contributed by atoms with van der Waals surface area (Å²) in [4.78, 5) is 17.9. The third-order valence-corrected chi connectivity index (χ3v) is 5.46. The van der Waals surface area contributed by atoms with Crippen molar-refractivity contribution in [3.8, 4) is 22.8 Å². The SMILES string of the molecule is COc1ccc(-c2cc(C(=O)N3N=C(C(F)F)C[C@@]3(O)C(F)F)c3ccccc3n2)cc1OC. The highest BCUT2D eigenvalue weighted by molar-refractivity contribution is 6.08. The Morgan fingerprint density at radius 2 is 1.76 bits per heavy atom. The Bertz CT molecular complexity index is 1280. The molecule has 0 saturated heterocycles. The van der Waals surface area contributed by atoms with Crippen molar-refractivity contribution in [1.29, 1.82) is 0 Å². The van der Waals surface area contributed by atoms with Gasteiger partial charge in [0, 0.05) is 17.4 Å². The number of ether oxygens (including phenoxy) is 2. The second-order valence-corrected chi connectivity index (χ2v) is 7.51. The maximum absolute atomic E-state index is 13.7. The van der Waals surface area contributed by atoms with E-state index in [4.69, 9.17) is 9.47 Å². The molecule has 0 radical (unpaired) electrons. The molecule has 1 N–H and O–H groups in total. The van der Waals surface area contributed by atoms with Gasteiger partial charge in [-0.05, 0) is 30.3 Å². The van der Waals surface area contributed by atoms with Gasteiger partial charge in [0.1, 0.15) is 5.71 Å². The molecule has 1 atom stereocenters. The summed E-state index contributed by atoms with van der Waals surface area (Å²) in [5.74, 6) is -0.323. The molecule has 0 unspecified atom stereocenters. The zero-order valence-electron chi connectivity index (χ0n) is 18.0. The number of alkyl halides is 4. The van der Waals surface area contributed by atoms with Crippen LogP contribution in [0.4, 0.5) is 17.6 Å². The third-order valence-electron chi connectivity index (χ3n) is 5.46. The molecule has 1 amide bonds. The van der Waals surface area contributed by atoms with E-state index in [1.54, 1.807) is 36.4 Å². The van der Waals surface area contributed by atoms with Crippen molar-refractivity contribution >= 4 is 22.5 Å². The molecule has 0 aliphatic carbocycles. The van der Waals surface area contributed by atoms with E-state index >= 15 is 0 Å². The zero-order valence-corrected chi connectivity index (χ0v) is 18.0. The second kappa shape index (κ2) is 8.90. The average Bonchev–Trinajstić information content (AvgIpc) is 3.21. The van der Waals surface area contributed by atoms with Crippen LogP contribution in [0.1, 0.15) is 16.8 Å². The molecule has 2 aromatic carbocycles. The smallest absolute Gasteiger partial charge is 0.287 e. The van der Waals surface area contributed by atoms with Gasteiger partial charge in [0.05, 0.1) is 31.0 Å². The van der Waals surface area contributed by atoms with Crippen LogP contribution in [-0.4, -0.2) is 59.5 Å². The maximum Gasteiger partial charge on any atom is 0.287 e. The van der Waals surface area contributed by atoms with E-state index in [1.807, 2.05) is 0 Å². The molecule has 3 aromatic rings. The molecule has 0 saturated carbocycles. The highest BCUT2D eigenvalue weighted by Gasteiger charge is 2.53. The topological polar surface area (TPSA) is 84.2 Å². The molecule has 4 rings (SSSR count). The lowest BCUT2D eigenvalue weighted by molar-refractivity contribution is -0.164. The Morgan fingerprint density at radius 3 is 2.41 bits per heavy atom. The number of pyridine rings is 1. The number of rotatable bonds is 6. The number of nitrogens with zero attached hydrogens (tertiary/aromatic N) is 3. The Balaban J connectivity index is 1.88. The molecule has 1 aromatic heterocycles. The number of fused-ring (bicyclic) bond motifs is 1. The van der Waals surface area contributed by atoms with E-state index in [2.05, 4.69) is 10.1 Å². The molecule has 1 aliphatic rings. The van der Waals surface area contributed by atoms with Crippen molar-refractivity contribution < 1.29 is 36.9 Å². The predicted molar refractivity (Wildman–Crippen MR) is 115 cm³/mol. The van der Waals surface area contributed by atoms with Crippen LogP contribution in [0.5, 0.6) is 11.5 Å². The number of aliphatic hydroxyl groups is 1. The second-order valence-electron chi connectivity index (χ2n) is 7.51. The average molecular weight is 477 g/mol. The van der Waals surface area contributed by atoms with E-state index in [9.17, 15) is 27.5 Å². The zero-order chi connectivity index (χ0) is 24.6. The third kappa shape index (κ3) is 3.92. The molecule has 0 bridgehead atoms. The number of amides is 1. The highest BCUT2D eigenvalue weighted by Crippen LogP contribution is 2.37. The number of carbonyl (C=O) groups excluding carboxylic acids is 1. The number of hydrogen-bond acceptors (Lipinski definition) is 6. The van der Waals surface area contributed by atoms with Gasteiger partial charge in [-0.2, -0.15) is 10.1 Å². The number of methoxy groups -OCH3 is 2. The van der Waals surface area contributed by atoms with Gasteiger partial charge in [-0.3, -0.25) is 4.79 Å². The number of para-hydroxylation sites is 1. The van der Waals surface area contributed by atoms with Gasteiger partial charge >= 0.3 is 0 Å². The number of aromatic nitrogens is 1. The van der Waals surface area contributed by atoms with Crippen LogP contribution in [0.3, 0.4) is 0 Å². The fourth-order valence-electron chi connectivity index (χ4n) is 3.71. The molecular formula is C23H19F4N3O4. The van der Waals surface area contributed by atoms with Crippen molar-refractivity contribution in [1.82, 2.24) is 9.99 Å². The van der Waals surface area contributed by atoms with Crippen molar-refractivity contribution in [2.45, 2.75) is 25.0 Å². The fraction of sp³-hybridized carbons (Fsp3) is 0.261. The summed E-state index contributed by atoms with van der Waals surface area (Å²) < 4.78 is 64.3. The van der Waals surface area contributed by atoms with Crippen LogP contribution in [0.2, 0.25) is 0 Å². The maximum atomic E-state index is 13.7. The van der Waals surface area contributed by atoms with Crippen LogP contribution in [-0.2, 0) is 0 Å². The lowest BCUT2D eigenvalue weighted by Crippen LogP contribution is -2.51. The van der Waals surface area contributed by atoms with Crippen molar-refractivity contribution in [3.05, 3.63) is 54.1 Å². The summed E-state index contributed by atoms with van der Waals surface area (Å²) in [5.41, 5.74) is -3.21. The van der Waals surface area contributed by atoms with Crippen LogP contribution < -0.4 is 9.47 Å². The van der Waals surface area contributed by atoms with Gasteiger partial charge in [0.2, 0.25) is 5.72 Å². The summed E-state index contributed by atoms with van der Waals surface area (Å²) in [5, 5.41) is 14.1. The largest absolute Gasteiger partial charge is 0.493 e. The van der Waals surface area contributed by atoms with E-state index in [1.165, 1.54) is 26.4 Å². The summed E-state index contributed by atoms with van der Waals surface area (Å²) in [6.45, 7) is 0. The number of carbonyl (C=O) groups is 1. The normalized spacial score (nSPS) is 18.0. The van der Waals surface area contributed by atoms with E-state index in [0.717, 1.165) is 0 Å². The first-order valence-corrected chi connectivity index (χ1v) is 10.0. The van der Waals surface area contributed by atoms with Gasteiger partial charge < -0.3 is 14.6 Å². The number of hydrazone groups is 1. The first kappa shape index (κ1) is 23.4. The molecule has 0 fully saturated rings. The Kier molecular flexibility index (Phi) is 6.13. The summed E-state index contributed by atoms with van der Waals surface area (Å²) in [6, 6.07) is 12.6. The summed E-state index contributed by atoms with van der Waals surface area (Å²) in [7, 11) is 2.92. The first-order valence-electron chi connectivity index (χ1n) is 10.0. The number of halogens is 4. The lowest BCUT2D eigenvalue weighted by atomic mass is 10.0. The molecule has 178 valence electrons. The standard InChI is InChI=1S/C23H19F4N3O4/c1-33-18-8-7-12(9-19(18)34-2)16-10-14(13-5-3-4-6-15(13)28-16)21(31)30-23(32,22(26)27)11-17(29-30)20(24)25/h3-10,20,22,32H,11H2,1-2H3/t23-/m1/s1. The fourth-order valence-corrected chi connectivity index (χ4v) is 3.71. The minimum Gasteiger partial charge on any atom is -0.493 e. The molecule has 7 nitrogen and oxygen atoms in total. The van der Waals surface area contributed by atoms with Crippen LogP contribution in [0.15, 0.2) is 53.6 Å². The molecule has 0 spiro atoms. The van der Waals surface area contributed by atoms with Crippen LogP contribution in [0, 0.1) is 0 Å². The predicted octanol–water partition coefficient (Wildman–Crippen LogP) is 4.34. The van der Waals surface area contributed by atoms with Gasteiger partial charge in [-0.25, -0.2) is 22.5 Å². The van der Waals surface area contributed by atoms with Gasteiger partial charge in [-0.15, -0.1) is 0 Å². The Labute approximate surface area is 191 Å². The van der Waals surface area contributed by atoms with Crippen molar-refractivity contribution in [2.75, 3.05) is 14.2 Å². The Morgan fingerprint density at radius 1 is 1.06 bits per heavy atom. The minimum atomic E-state index is -3.53. The van der Waals surface area contributed by atoms with E-state index in [-0.39, 0.29) is 21.7 Å². The molecular weight excluding hydrogens is 458 g/mol. The van der Waals surface area contributed by atoms with Gasteiger partial charge in [0.15, 0.2) is 11.5 Å². The lowest BCUT2D eigenvalue weighted by Gasteiger charge is -2.30. The Hall–Kier alpha value is -3.73. The van der Waals surface area contributed by atoms with Gasteiger partial charge in [-0.1, -0.05) is 18.2 Å². The quantitative estimate of drug-likeness (QED) is 0.534. The molecule has 34 heavy (non-hydrogen) atoms. The van der Waals surface area contributed by atoms with Crippen LogP contribution >= 0.6 is 0 Å². The number of benzene rings is 2. The molecule has 11 heteroatoms. The molecule has 2 heterocycles. The first-order chi connectivity index (χ1) is 16.2. The van der Waals surface area contributed by atoms with E-state index < -0.39 is 36.6 Å². The van der Waals surface area contributed by atoms with Crippen molar-refractivity contribution in [3.63, 3.8) is 0 Å². The monoisotopic (exact) mass is 477 g/mol.